The number of aryl methyl sites for hydroxylation is 4. The Balaban J connectivity index is 0.00000420. The molecule has 0 radical (unpaired) electrons. The van der Waals surface area contributed by atoms with E-state index < -0.39 is 0 Å². The average molecular weight is 855 g/mol. The van der Waals surface area contributed by atoms with Crippen LogP contribution in [0.25, 0.3) is 60.9 Å². The Morgan fingerprint density at radius 1 is 0.750 bits per heavy atom. The van der Waals surface area contributed by atoms with Gasteiger partial charge in [-0.1, -0.05) is 65.7 Å². The fourth-order valence-electron chi connectivity index (χ4n) is 6.86. The fourth-order valence-corrected chi connectivity index (χ4v) is 6.86. The third kappa shape index (κ3) is 5.94. The van der Waals surface area contributed by atoms with Gasteiger partial charge < -0.3 is 13.9 Å². The van der Waals surface area contributed by atoms with Crippen molar-refractivity contribution >= 4 is 27.5 Å². The van der Waals surface area contributed by atoms with E-state index in [-0.39, 0.29) is 21.1 Å². The molecular weight excluding hydrogens is 826 g/mol. The van der Waals surface area contributed by atoms with Gasteiger partial charge in [0.05, 0.1) is 24.0 Å². The van der Waals surface area contributed by atoms with Crippen molar-refractivity contribution in [2.24, 2.45) is 0 Å². The Labute approximate surface area is 315 Å². The van der Waals surface area contributed by atoms with Crippen LogP contribution in [0, 0.1) is 57.7 Å². The largest absolute Gasteiger partial charge is 2.00 e. The van der Waals surface area contributed by atoms with Crippen LogP contribution in [0.15, 0.2) is 103 Å². The summed E-state index contributed by atoms with van der Waals surface area (Å²) < 4.78 is 10.5. The fraction of sp³-hybridized carbons (Fsp3) is 0.0930. The summed E-state index contributed by atoms with van der Waals surface area (Å²) in [5.41, 5.74) is 9.47. The van der Waals surface area contributed by atoms with Crippen molar-refractivity contribution in [1.82, 2.24) is 24.3 Å². The molecule has 8 rings (SSSR count). The third-order valence-corrected chi connectivity index (χ3v) is 8.98. The molecule has 0 amide bonds. The van der Waals surface area contributed by atoms with Crippen LogP contribution < -0.4 is 4.74 Å². The van der Waals surface area contributed by atoms with Gasteiger partial charge in [-0.2, -0.15) is 16.4 Å². The smallest absolute Gasteiger partial charge is 0.504 e. The van der Waals surface area contributed by atoms with E-state index in [0.717, 1.165) is 49.7 Å². The minimum absolute atomic E-state index is 0. The number of benzene rings is 5. The number of pyridine rings is 1. The molecule has 0 saturated heterocycles. The quantitative estimate of drug-likeness (QED) is 0.156. The van der Waals surface area contributed by atoms with Crippen LogP contribution in [0.3, 0.4) is 0 Å². The van der Waals surface area contributed by atoms with Crippen LogP contribution in [0.1, 0.15) is 27.8 Å². The number of hydrogen-bond donors (Lipinski definition) is 0. The topological polar surface area (TPSA) is 85.9 Å². The molecule has 0 saturated carbocycles. The van der Waals surface area contributed by atoms with Gasteiger partial charge in [-0.05, 0) is 80.1 Å². The molecule has 0 N–H and O–H groups in total. The van der Waals surface area contributed by atoms with Crippen molar-refractivity contribution in [3.63, 3.8) is 0 Å². The molecule has 5 aromatic carbocycles. The van der Waals surface area contributed by atoms with Gasteiger partial charge in [0.1, 0.15) is 11.5 Å². The Morgan fingerprint density at radius 3 is 2.25 bits per heavy atom. The Bertz CT molecular complexity index is 2730. The summed E-state index contributed by atoms with van der Waals surface area (Å²) in [6.07, 6.45) is 1.74. The van der Waals surface area contributed by atoms with Crippen LogP contribution in [0.5, 0.6) is 11.5 Å². The van der Waals surface area contributed by atoms with Gasteiger partial charge in [-0.15, -0.1) is 34.2 Å². The maximum absolute atomic E-state index is 9.61. The number of nitriles is 1. The zero-order valence-corrected chi connectivity index (χ0v) is 30.9. The minimum Gasteiger partial charge on any atom is -0.504 e. The summed E-state index contributed by atoms with van der Waals surface area (Å²) in [6.45, 7) is 16.3. The van der Waals surface area contributed by atoms with Gasteiger partial charge in [0.15, 0.2) is 5.82 Å². The number of ether oxygens (including phenoxy) is 1. The summed E-state index contributed by atoms with van der Waals surface area (Å²) in [4.78, 5) is 8.39. The SMILES string of the molecule is [C-]#[N+]c1cc(Oc2[c-]c3c(cc2)c2cc(C#N)ccc2n3-c2ccccn2)[c-]c(-c2nnc(-c3ccccc3C)n2-c2c(C)cc(C)cc2C)c1.[Pt+2]. The molecule has 0 aliphatic carbocycles. The van der Waals surface area contributed by atoms with Crippen molar-refractivity contribution in [1.29, 1.82) is 5.26 Å². The zero-order chi connectivity index (χ0) is 35.2. The van der Waals surface area contributed by atoms with E-state index in [1.807, 2.05) is 65.2 Å². The second-order valence-electron chi connectivity index (χ2n) is 12.5. The number of rotatable bonds is 6. The molecule has 52 heavy (non-hydrogen) atoms. The van der Waals surface area contributed by atoms with Crippen LogP contribution in [-0.2, 0) is 21.1 Å². The van der Waals surface area contributed by atoms with Crippen LogP contribution in [0.4, 0.5) is 5.69 Å². The minimum atomic E-state index is 0. The molecule has 8 nitrogen and oxygen atoms in total. The summed E-state index contributed by atoms with van der Waals surface area (Å²) in [6, 6.07) is 40.0. The summed E-state index contributed by atoms with van der Waals surface area (Å²) in [5.74, 6) is 2.72. The predicted molar refractivity (Wildman–Crippen MR) is 198 cm³/mol. The van der Waals surface area contributed by atoms with Crippen LogP contribution >= 0.6 is 0 Å². The van der Waals surface area contributed by atoms with Gasteiger partial charge in [0.25, 0.3) is 0 Å². The number of hydrogen-bond acceptors (Lipinski definition) is 5. The Hall–Kier alpha value is -6.34. The Kier molecular flexibility index (Phi) is 9.03. The molecule has 3 aromatic heterocycles. The number of fused-ring (bicyclic) bond motifs is 3. The monoisotopic (exact) mass is 854 g/mol. The zero-order valence-electron chi connectivity index (χ0n) is 28.7. The molecule has 0 aliphatic heterocycles. The number of aromatic nitrogens is 5. The van der Waals surface area contributed by atoms with E-state index in [0.29, 0.717) is 45.8 Å². The number of nitrogens with zero attached hydrogens (tertiary/aromatic N) is 7. The molecule has 9 heteroatoms. The van der Waals surface area contributed by atoms with Crippen molar-refractivity contribution in [3.8, 4) is 51.8 Å². The van der Waals surface area contributed by atoms with E-state index in [1.54, 1.807) is 24.4 Å². The van der Waals surface area contributed by atoms with Crippen molar-refractivity contribution in [2.75, 3.05) is 0 Å². The standard InChI is InChI=1S/C43H29N7O.Pt/c1-26-18-28(3)41(29(4)19-26)50-42(47-48-43(50)35-11-7-6-10-27(35)2)31-21-32(45-5)23-34(22-31)51-33-14-15-36-37-20-30(25-44)13-16-38(37)49(39(36)24-33)40-12-8-9-17-46-40;/h6-21,23H,1-4H3;/q-2;+2. The second kappa shape index (κ2) is 13.8. The predicted octanol–water partition coefficient (Wildman–Crippen LogP) is 10.1. The molecule has 0 spiro atoms. The second-order valence-corrected chi connectivity index (χ2v) is 12.5. The first-order valence-electron chi connectivity index (χ1n) is 16.4. The summed E-state index contributed by atoms with van der Waals surface area (Å²) in [7, 11) is 0. The summed E-state index contributed by atoms with van der Waals surface area (Å²) in [5, 5.41) is 20.9. The van der Waals surface area contributed by atoms with Crippen LogP contribution in [0.2, 0.25) is 0 Å². The normalized spacial score (nSPS) is 10.9. The van der Waals surface area contributed by atoms with Gasteiger partial charge in [-0.3, -0.25) is 4.85 Å². The summed E-state index contributed by atoms with van der Waals surface area (Å²) >= 11 is 0. The third-order valence-electron chi connectivity index (χ3n) is 8.98. The van der Waals surface area contributed by atoms with Crippen LogP contribution in [-0.4, -0.2) is 24.3 Å². The van der Waals surface area contributed by atoms with Gasteiger partial charge in [-0.25, -0.2) is 4.98 Å². The van der Waals surface area contributed by atoms with E-state index in [4.69, 9.17) is 21.5 Å². The van der Waals surface area contributed by atoms with Crippen molar-refractivity contribution in [2.45, 2.75) is 27.7 Å². The van der Waals surface area contributed by atoms with Gasteiger partial charge in [0, 0.05) is 34.5 Å². The molecule has 0 fully saturated rings. The first kappa shape index (κ1) is 34.1. The van der Waals surface area contributed by atoms with E-state index in [2.05, 4.69) is 78.5 Å². The maximum Gasteiger partial charge on any atom is 2.00 e. The molecule has 0 atom stereocenters. The first-order chi connectivity index (χ1) is 24.8. The molecule has 252 valence electrons. The molecule has 0 bridgehead atoms. The molecule has 8 aromatic rings. The van der Waals surface area contributed by atoms with Crippen molar-refractivity contribution in [3.05, 3.63) is 155 Å². The molecular formula is C43H29N7OPt. The van der Waals surface area contributed by atoms with Gasteiger partial charge >= 0.3 is 21.1 Å². The maximum atomic E-state index is 9.61. The molecule has 0 unspecified atom stereocenters. The molecule has 0 aliphatic rings. The van der Waals surface area contributed by atoms with E-state index in [9.17, 15) is 5.26 Å². The van der Waals surface area contributed by atoms with Crippen molar-refractivity contribution < 1.29 is 25.8 Å². The molecule has 3 heterocycles. The Morgan fingerprint density at radius 2 is 1.52 bits per heavy atom. The first-order valence-corrected chi connectivity index (χ1v) is 16.4. The van der Waals surface area contributed by atoms with E-state index >= 15 is 0 Å². The van der Waals surface area contributed by atoms with E-state index in [1.165, 1.54) is 5.56 Å². The average Bonchev–Trinajstić information content (AvgIpc) is 3.70. The van der Waals surface area contributed by atoms with Gasteiger partial charge in [0.2, 0.25) is 0 Å².